The fourth-order valence-corrected chi connectivity index (χ4v) is 2.67. The molecule has 3 heteroatoms. The van der Waals surface area contributed by atoms with E-state index in [4.69, 9.17) is 4.74 Å². The van der Waals surface area contributed by atoms with Gasteiger partial charge in [-0.15, -0.1) is 0 Å². The second-order valence-electron chi connectivity index (χ2n) is 5.22. The Balaban J connectivity index is 1.59. The number of rotatable bonds is 3. The predicted octanol–water partition coefficient (Wildman–Crippen LogP) is 1.46. The molecule has 0 aliphatic carbocycles. The van der Waals surface area contributed by atoms with Crippen LogP contribution >= 0.6 is 0 Å². The Morgan fingerprint density at radius 1 is 1.24 bits per heavy atom. The van der Waals surface area contributed by atoms with Gasteiger partial charge in [-0.1, -0.05) is 12.1 Å². The molecular formula is C14H20N2O. The molecule has 0 saturated carbocycles. The van der Waals surface area contributed by atoms with Gasteiger partial charge in [0.25, 0.3) is 0 Å². The van der Waals surface area contributed by atoms with E-state index in [1.54, 1.807) is 0 Å². The summed E-state index contributed by atoms with van der Waals surface area (Å²) >= 11 is 0. The first-order valence-electron chi connectivity index (χ1n) is 6.47. The van der Waals surface area contributed by atoms with Crippen molar-refractivity contribution >= 4 is 0 Å². The molecule has 2 saturated heterocycles. The maximum Gasteiger partial charge on any atom is 0.124 e. The number of hydrogen-bond acceptors (Lipinski definition) is 3. The number of nitrogens with one attached hydrogen (secondary N) is 1. The van der Waals surface area contributed by atoms with Gasteiger partial charge in [-0.05, 0) is 43.6 Å². The Morgan fingerprint density at radius 3 is 2.59 bits per heavy atom. The van der Waals surface area contributed by atoms with Crippen molar-refractivity contribution in [2.45, 2.75) is 18.4 Å². The number of ether oxygens (including phenoxy) is 1. The van der Waals surface area contributed by atoms with Crippen molar-refractivity contribution < 1.29 is 4.74 Å². The number of nitrogens with zero attached hydrogens (tertiary/aromatic N) is 1. The van der Waals surface area contributed by atoms with Crippen molar-refractivity contribution in [1.82, 2.24) is 10.2 Å². The van der Waals surface area contributed by atoms with Gasteiger partial charge in [-0.3, -0.25) is 4.90 Å². The molecule has 1 N–H and O–H groups in total. The highest BCUT2D eigenvalue weighted by Crippen LogP contribution is 2.25. The van der Waals surface area contributed by atoms with E-state index in [1.807, 2.05) is 0 Å². The molecule has 2 heterocycles. The van der Waals surface area contributed by atoms with Crippen LogP contribution in [0.4, 0.5) is 0 Å². The Labute approximate surface area is 103 Å². The molecule has 0 bridgehead atoms. The zero-order chi connectivity index (χ0) is 11.7. The molecule has 17 heavy (non-hydrogen) atoms. The van der Waals surface area contributed by atoms with Crippen LogP contribution < -0.4 is 10.1 Å². The molecular weight excluding hydrogens is 212 g/mol. The fourth-order valence-electron chi connectivity index (χ4n) is 2.67. The van der Waals surface area contributed by atoms with Crippen LogP contribution in [0.2, 0.25) is 0 Å². The lowest BCUT2D eigenvalue weighted by Gasteiger charge is -2.36. The van der Waals surface area contributed by atoms with Gasteiger partial charge < -0.3 is 10.1 Å². The third-order valence-corrected chi connectivity index (χ3v) is 3.75. The Morgan fingerprint density at radius 2 is 2.00 bits per heavy atom. The van der Waals surface area contributed by atoms with Gasteiger partial charge >= 0.3 is 0 Å². The van der Waals surface area contributed by atoms with Gasteiger partial charge in [-0.2, -0.15) is 0 Å². The van der Waals surface area contributed by atoms with E-state index >= 15 is 0 Å². The van der Waals surface area contributed by atoms with Gasteiger partial charge in [-0.25, -0.2) is 0 Å². The van der Waals surface area contributed by atoms with Crippen LogP contribution in [-0.2, 0) is 0 Å². The lowest BCUT2D eigenvalue weighted by molar-refractivity contribution is 0.0388. The first-order valence-corrected chi connectivity index (χ1v) is 6.47. The maximum absolute atomic E-state index is 5.88. The van der Waals surface area contributed by atoms with Crippen molar-refractivity contribution in [1.29, 1.82) is 0 Å². The van der Waals surface area contributed by atoms with E-state index in [1.165, 1.54) is 12.0 Å². The molecule has 0 radical (unpaired) electrons. The maximum atomic E-state index is 5.88. The summed E-state index contributed by atoms with van der Waals surface area (Å²) in [5.74, 6) is 1.71. The second-order valence-corrected chi connectivity index (χ2v) is 5.22. The summed E-state index contributed by atoms with van der Waals surface area (Å²) < 4.78 is 5.88. The highest BCUT2D eigenvalue weighted by atomic mass is 16.5. The molecule has 1 aromatic rings. The average Bonchev–Trinajstić information content (AvgIpc) is 2.81. The van der Waals surface area contributed by atoms with E-state index in [2.05, 4.69) is 41.5 Å². The van der Waals surface area contributed by atoms with Crippen LogP contribution in [0.25, 0.3) is 0 Å². The first kappa shape index (κ1) is 11.1. The number of likely N-dealkylation sites (N-methyl/N-ethyl adjacent to an activating group) is 1. The van der Waals surface area contributed by atoms with E-state index in [-0.39, 0.29) is 0 Å². The minimum absolute atomic E-state index is 0.388. The Kier molecular flexibility index (Phi) is 3.04. The summed E-state index contributed by atoms with van der Waals surface area (Å²) in [6.45, 7) is 4.37. The van der Waals surface area contributed by atoms with E-state index in [0.717, 1.165) is 31.9 Å². The molecule has 0 amide bonds. The van der Waals surface area contributed by atoms with Crippen LogP contribution in [0.15, 0.2) is 24.3 Å². The fraction of sp³-hybridized carbons (Fsp3) is 0.571. The smallest absolute Gasteiger partial charge is 0.124 e. The summed E-state index contributed by atoms with van der Waals surface area (Å²) in [5.41, 5.74) is 1.44. The first-order chi connectivity index (χ1) is 8.31. The lowest BCUT2D eigenvalue weighted by Crippen LogP contribution is -2.51. The molecule has 2 aliphatic heterocycles. The molecule has 2 aliphatic rings. The zero-order valence-electron chi connectivity index (χ0n) is 10.4. The van der Waals surface area contributed by atoms with Gasteiger partial charge in [0, 0.05) is 19.6 Å². The van der Waals surface area contributed by atoms with Crippen molar-refractivity contribution in [2.24, 2.45) is 0 Å². The van der Waals surface area contributed by atoms with Crippen LogP contribution in [0.3, 0.4) is 0 Å². The predicted molar refractivity (Wildman–Crippen MR) is 68.6 cm³/mol. The number of likely N-dealkylation sites (tertiary alicyclic amines) is 1. The summed E-state index contributed by atoms with van der Waals surface area (Å²) in [4.78, 5) is 2.27. The SMILES string of the molecule is CN1CC(Oc2ccc(C3CCNC3)cc2)C1. The van der Waals surface area contributed by atoms with Gasteiger partial charge in [0.15, 0.2) is 0 Å². The summed E-state index contributed by atoms with van der Waals surface area (Å²) in [5, 5.41) is 3.40. The largest absolute Gasteiger partial charge is 0.488 e. The van der Waals surface area contributed by atoms with Gasteiger partial charge in [0.2, 0.25) is 0 Å². The summed E-state index contributed by atoms with van der Waals surface area (Å²) in [6.07, 6.45) is 1.65. The van der Waals surface area contributed by atoms with Crippen molar-refractivity contribution in [3.63, 3.8) is 0 Å². The van der Waals surface area contributed by atoms with Crippen LogP contribution in [0.5, 0.6) is 5.75 Å². The normalized spacial score (nSPS) is 25.8. The molecule has 2 fully saturated rings. The third-order valence-electron chi connectivity index (χ3n) is 3.75. The second kappa shape index (κ2) is 4.67. The number of hydrogen-bond donors (Lipinski definition) is 1. The Bertz CT molecular complexity index is 364. The van der Waals surface area contributed by atoms with Gasteiger partial charge in [0.05, 0.1) is 0 Å². The monoisotopic (exact) mass is 232 g/mol. The zero-order valence-corrected chi connectivity index (χ0v) is 10.4. The van der Waals surface area contributed by atoms with E-state index in [9.17, 15) is 0 Å². The number of benzene rings is 1. The van der Waals surface area contributed by atoms with E-state index < -0.39 is 0 Å². The van der Waals surface area contributed by atoms with Crippen LogP contribution in [0.1, 0.15) is 17.9 Å². The van der Waals surface area contributed by atoms with Crippen molar-refractivity contribution in [2.75, 3.05) is 33.2 Å². The highest BCUT2D eigenvalue weighted by molar-refractivity contribution is 5.30. The molecule has 1 aromatic carbocycles. The van der Waals surface area contributed by atoms with Crippen molar-refractivity contribution in [3.8, 4) is 5.75 Å². The van der Waals surface area contributed by atoms with Crippen LogP contribution in [-0.4, -0.2) is 44.2 Å². The molecule has 1 atom stereocenters. The molecule has 3 nitrogen and oxygen atoms in total. The highest BCUT2D eigenvalue weighted by Gasteiger charge is 2.24. The van der Waals surface area contributed by atoms with E-state index in [0.29, 0.717) is 12.0 Å². The molecule has 0 aromatic heterocycles. The molecule has 1 unspecified atom stereocenters. The lowest BCUT2D eigenvalue weighted by atomic mass is 9.98. The molecule has 0 spiro atoms. The third kappa shape index (κ3) is 2.45. The van der Waals surface area contributed by atoms with Gasteiger partial charge in [0.1, 0.15) is 11.9 Å². The quantitative estimate of drug-likeness (QED) is 0.854. The summed E-state index contributed by atoms with van der Waals surface area (Å²) in [6, 6.07) is 8.67. The minimum Gasteiger partial charge on any atom is -0.488 e. The molecule has 3 rings (SSSR count). The average molecular weight is 232 g/mol. The van der Waals surface area contributed by atoms with Crippen LogP contribution in [0, 0.1) is 0 Å². The van der Waals surface area contributed by atoms with Crippen molar-refractivity contribution in [3.05, 3.63) is 29.8 Å². The molecule has 92 valence electrons. The Hall–Kier alpha value is -1.06. The topological polar surface area (TPSA) is 24.5 Å². The minimum atomic E-state index is 0.388. The standard InChI is InChI=1S/C14H20N2O/c1-16-9-14(10-16)17-13-4-2-11(3-5-13)12-6-7-15-8-12/h2-5,12,14-15H,6-10H2,1H3. The summed E-state index contributed by atoms with van der Waals surface area (Å²) in [7, 11) is 2.12.